The van der Waals surface area contributed by atoms with E-state index < -0.39 is 0 Å². The second-order valence-electron chi connectivity index (χ2n) is 9.15. The van der Waals surface area contributed by atoms with Crippen molar-refractivity contribution >= 4 is 44.4 Å². The van der Waals surface area contributed by atoms with E-state index in [2.05, 4.69) is 12.2 Å². The third kappa shape index (κ3) is 3.22. The fourth-order valence-electron chi connectivity index (χ4n) is 5.56. The highest BCUT2D eigenvalue weighted by molar-refractivity contribution is 7.22. The molecule has 1 saturated carbocycles. The molecule has 1 aliphatic heterocycles. The van der Waals surface area contributed by atoms with Crippen molar-refractivity contribution in [2.24, 2.45) is 23.7 Å². The van der Waals surface area contributed by atoms with Crippen molar-refractivity contribution < 1.29 is 14.4 Å². The zero-order chi connectivity index (χ0) is 22.7. The first-order valence-corrected chi connectivity index (χ1v) is 12.1. The SMILES string of the molecule is Cc1cccc2sc(N(Cc3ccccc3)C(=O)CN3C(=O)[C@@H]4[C@@H](C3=O)[C@H]3C=C[C@H]4C3)nc12. The van der Waals surface area contributed by atoms with Gasteiger partial charge in [-0.05, 0) is 42.4 Å². The van der Waals surface area contributed by atoms with Crippen molar-refractivity contribution in [3.63, 3.8) is 0 Å². The van der Waals surface area contributed by atoms with Crippen molar-refractivity contribution in [3.8, 4) is 0 Å². The minimum Gasteiger partial charge on any atom is -0.282 e. The summed E-state index contributed by atoms with van der Waals surface area (Å²) in [5, 5.41) is 0.578. The summed E-state index contributed by atoms with van der Waals surface area (Å²) < 4.78 is 1.00. The molecule has 3 aliphatic rings. The number of carbonyl (C=O) groups excluding carboxylic acids is 3. The maximum atomic E-state index is 13.6. The predicted octanol–water partition coefficient (Wildman–Crippen LogP) is 3.95. The molecule has 166 valence electrons. The third-order valence-electron chi connectivity index (χ3n) is 7.18. The quantitative estimate of drug-likeness (QED) is 0.430. The Kier molecular flexibility index (Phi) is 4.69. The lowest BCUT2D eigenvalue weighted by Crippen LogP contribution is -2.43. The van der Waals surface area contributed by atoms with E-state index in [0.29, 0.717) is 11.7 Å². The largest absolute Gasteiger partial charge is 0.282 e. The fourth-order valence-corrected chi connectivity index (χ4v) is 6.62. The van der Waals surface area contributed by atoms with Crippen LogP contribution in [0.4, 0.5) is 5.13 Å². The van der Waals surface area contributed by atoms with Gasteiger partial charge in [-0.25, -0.2) is 4.98 Å². The average molecular weight is 458 g/mol. The van der Waals surface area contributed by atoms with Gasteiger partial charge in [0.05, 0.1) is 28.6 Å². The number of aryl methyl sites for hydroxylation is 1. The van der Waals surface area contributed by atoms with Crippen molar-refractivity contribution in [3.05, 3.63) is 71.8 Å². The minimum atomic E-state index is -0.298. The molecule has 2 bridgehead atoms. The number of para-hydroxylation sites is 1. The molecular formula is C26H23N3O3S. The zero-order valence-electron chi connectivity index (χ0n) is 18.2. The van der Waals surface area contributed by atoms with Gasteiger partial charge in [-0.15, -0.1) is 0 Å². The van der Waals surface area contributed by atoms with Crippen LogP contribution in [0.1, 0.15) is 17.5 Å². The van der Waals surface area contributed by atoms with Gasteiger partial charge in [0.25, 0.3) is 0 Å². The highest BCUT2D eigenvalue weighted by Gasteiger charge is 2.59. The Hall–Kier alpha value is -3.32. The molecule has 1 aromatic heterocycles. The second-order valence-corrected chi connectivity index (χ2v) is 10.2. The molecule has 6 nitrogen and oxygen atoms in total. The molecule has 0 spiro atoms. The summed E-state index contributed by atoms with van der Waals surface area (Å²) in [4.78, 5) is 47.4. The van der Waals surface area contributed by atoms with Gasteiger partial charge in [0, 0.05) is 0 Å². The van der Waals surface area contributed by atoms with E-state index in [-0.39, 0.29) is 47.9 Å². The van der Waals surface area contributed by atoms with E-state index in [1.807, 2.05) is 55.5 Å². The summed E-state index contributed by atoms with van der Waals surface area (Å²) in [5.74, 6) is -1.03. The maximum absolute atomic E-state index is 13.6. The number of thiazole rings is 1. The minimum absolute atomic E-state index is 0.129. The van der Waals surface area contributed by atoms with E-state index in [0.717, 1.165) is 27.8 Å². The van der Waals surface area contributed by atoms with Gasteiger partial charge in [-0.2, -0.15) is 0 Å². The first kappa shape index (κ1) is 20.3. The molecular weight excluding hydrogens is 434 g/mol. The normalized spacial score (nSPS) is 25.3. The number of imide groups is 1. The number of rotatable bonds is 5. The van der Waals surface area contributed by atoms with Crippen LogP contribution in [0.5, 0.6) is 0 Å². The molecule has 33 heavy (non-hydrogen) atoms. The van der Waals surface area contributed by atoms with E-state index in [1.165, 1.54) is 16.2 Å². The lowest BCUT2D eigenvalue weighted by Gasteiger charge is -2.23. The van der Waals surface area contributed by atoms with Gasteiger partial charge in [-0.3, -0.25) is 24.2 Å². The number of nitrogens with zero attached hydrogens (tertiary/aromatic N) is 3. The Balaban J connectivity index is 1.31. The number of fused-ring (bicyclic) bond motifs is 6. The number of benzene rings is 2. The van der Waals surface area contributed by atoms with Gasteiger partial charge in [-0.1, -0.05) is 66.0 Å². The molecule has 6 rings (SSSR count). The van der Waals surface area contributed by atoms with Gasteiger partial charge >= 0.3 is 0 Å². The van der Waals surface area contributed by atoms with Crippen LogP contribution in [-0.4, -0.2) is 34.2 Å². The Morgan fingerprint density at radius 2 is 1.73 bits per heavy atom. The number of anilines is 1. The maximum Gasteiger partial charge on any atom is 0.249 e. The third-order valence-corrected chi connectivity index (χ3v) is 8.22. The van der Waals surface area contributed by atoms with Crippen LogP contribution in [0, 0.1) is 30.6 Å². The van der Waals surface area contributed by atoms with Crippen LogP contribution in [0.3, 0.4) is 0 Å². The van der Waals surface area contributed by atoms with E-state index in [4.69, 9.17) is 4.98 Å². The Bertz CT molecular complexity index is 1280. The lowest BCUT2D eigenvalue weighted by atomic mass is 9.85. The summed E-state index contributed by atoms with van der Waals surface area (Å²) in [5.41, 5.74) is 2.87. The van der Waals surface area contributed by atoms with Crippen LogP contribution < -0.4 is 4.90 Å². The summed E-state index contributed by atoms with van der Waals surface area (Å²) in [7, 11) is 0. The van der Waals surface area contributed by atoms with E-state index >= 15 is 0 Å². The highest BCUT2D eigenvalue weighted by Crippen LogP contribution is 2.52. The molecule has 1 saturated heterocycles. The number of allylic oxidation sites excluding steroid dienone is 2. The monoisotopic (exact) mass is 457 g/mol. The van der Waals surface area contributed by atoms with Gasteiger partial charge in [0.15, 0.2) is 5.13 Å². The first-order chi connectivity index (χ1) is 16.0. The molecule has 0 unspecified atom stereocenters. The molecule has 0 radical (unpaired) electrons. The van der Waals surface area contributed by atoms with Crippen LogP contribution in [0.2, 0.25) is 0 Å². The average Bonchev–Trinajstić information content (AvgIpc) is 3.59. The number of hydrogen-bond acceptors (Lipinski definition) is 5. The number of amides is 3. The molecule has 4 atom stereocenters. The van der Waals surface area contributed by atoms with Crippen LogP contribution in [-0.2, 0) is 20.9 Å². The smallest absolute Gasteiger partial charge is 0.249 e. The molecule has 2 aromatic carbocycles. The molecule has 3 amide bonds. The summed E-state index contributed by atoms with van der Waals surface area (Å²) >= 11 is 1.45. The van der Waals surface area contributed by atoms with Crippen LogP contribution in [0.15, 0.2) is 60.7 Å². The summed E-state index contributed by atoms with van der Waals surface area (Å²) in [6, 6.07) is 15.7. The number of likely N-dealkylation sites (tertiary alicyclic amines) is 1. The number of carbonyl (C=O) groups is 3. The van der Waals surface area contributed by atoms with Crippen molar-refractivity contribution in [2.45, 2.75) is 19.9 Å². The van der Waals surface area contributed by atoms with Crippen molar-refractivity contribution in [1.29, 1.82) is 0 Å². The molecule has 7 heteroatoms. The molecule has 0 N–H and O–H groups in total. The molecule has 2 aliphatic carbocycles. The molecule has 2 fully saturated rings. The topological polar surface area (TPSA) is 70.6 Å². The predicted molar refractivity (Wildman–Crippen MR) is 126 cm³/mol. The van der Waals surface area contributed by atoms with E-state index in [9.17, 15) is 14.4 Å². The Morgan fingerprint density at radius 3 is 2.39 bits per heavy atom. The molecule has 2 heterocycles. The number of aromatic nitrogens is 1. The van der Waals surface area contributed by atoms with Crippen LogP contribution >= 0.6 is 11.3 Å². The van der Waals surface area contributed by atoms with Crippen LogP contribution in [0.25, 0.3) is 10.2 Å². The van der Waals surface area contributed by atoms with Gasteiger partial charge in [0.2, 0.25) is 17.7 Å². The molecule has 3 aromatic rings. The summed E-state index contributed by atoms with van der Waals surface area (Å²) in [6.45, 7) is 2.08. The van der Waals surface area contributed by atoms with Gasteiger partial charge < -0.3 is 0 Å². The zero-order valence-corrected chi connectivity index (χ0v) is 19.0. The summed E-state index contributed by atoms with van der Waals surface area (Å²) in [6.07, 6.45) is 5.00. The van der Waals surface area contributed by atoms with Crippen molar-refractivity contribution in [1.82, 2.24) is 9.88 Å². The Labute approximate surface area is 195 Å². The fraction of sp³-hybridized carbons (Fsp3) is 0.308. The Morgan fingerprint density at radius 1 is 1.03 bits per heavy atom. The lowest BCUT2D eigenvalue weighted by molar-refractivity contribution is -0.143. The first-order valence-electron chi connectivity index (χ1n) is 11.3. The highest BCUT2D eigenvalue weighted by atomic mass is 32.1. The van der Waals surface area contributed by atoms with Crippen molar-refractivity contribution in [2.75, 3.05) is 11.4 Å². The second kappa shape index (κ2) is 7.63. The van der Waals surface area contributed by atoms with Gasteiger partial charge in [0.1, 0.15) is 6.54 Å². The number of hydrogen-bond donors (Lipinski definition) is 0. The van der Waals surface area contributed by atoms with E-state index in [1.54, 1.807) is 4.90 Å². The standard InChI is InChI=1S/C26H23N3O3S/c1-15-6-5-9-19-23(15)27-26(33-19)28(13-16-7-3-2-4-8-16)20(30)14-29-24(31)21-17-10-11-18(12-17)22(21)25(29)32/h2-11,17-18,21-22H,12-14H2,1H3/t17-,18-,21-,22-/m0/s1.